The minimum Gasteiger partial charge on any atom is -0.478 e. The number of halogens is 1. The number of aromatic nitrogens is 2. The Morgan fingerprint density at radius 1 is 1.36 bits per heavy atom. The van der Waals surface area contributed by atoms with Crippen molar-refractivity contribution in [1.82, 2.24) is 14.5 Å². The van der Waals surface area contributed by atoms with E-state index in [2.05, 4.69) is 10.2 Å². The number of sulfonamides is 1. The number of hydrogen-bond acceptors (Lipinski definition) is 6. The first kappa shape index (κ1) is 17.2. The van der Waals surface area contributed by atoms with Crippen LogP contribution in [0.4, 0.5) is 4.39 Å². The van der Waals surface area contributed by atoms with Gasteiger partial charge in [-0.25, -0.2) is 17.6 Å². The molecule has 2 heterocycles. The van der Waals surface area contributed by atoms with Crippen molar-refractivity contribution >= 4 is 16.0 Å². The van der Waals surface area contributed by atoms with Gasteiger partial charge in [-0.3, -0.25) is 0 Å². The predicted octanol–water partition coefficient (Wildman–Crippen LogP) is 1.16. The molecule has 1 N–H and O–H groups in total. The van der Waals surface area contributed by atoms with Crippen molar-refractivity contribution < 1.29 is 27.4 Å². The van der Waals surface area contributed by atoms with E-state index in [1.54, 1.807) is 12.1 Å². The number of aromatic carboxylic acids is 1. The highest BCUT2D eigenvalue weighted by Crippen LogP contribution is 2.24. The molecule has 1 unspecified atom stereocenters. The van der Waals surface area contributed by atoms with Crippen LogP contribution in [0, 0.1) is 5.82 Å². The van der Waals surface area contributed by atoms with Crippen molar-refractivity contribution in [2.45, 2.75) is 17.4 Å². The third-order valence-electron chi connectivity index (χ3n) is 3.75. The van der Waals surface area contributed by atoms with Crippen molar-refractivity contribution in [1.29, 1.82) is 0 Å². The maximum absolute atomic E-state index is 13.5. The predicted molar refractivity (Wildman–Crippen MR) is 83.2 cm³/mol. The first-order chi connectivity index (χ1) is 11.9. The van der Waals surface area contributed by atoms with E-state index in [1.807, 2.05) is 0 Å². The molecular formula is C15H14FN3O5S. The fourth-order valence-electron chi connectivity index (χ4n) is 2.51. The van der Waals surface area contributed by atoms with Gasteiger partial charge < -0.3 is 9.84 Å². The normalized spacial score (nSPS) is 18.2. The molecule has 1 atom stereocenters. The van der Waals surface area contributed by atoms with Gasteiger partial charge in [0, 0.05) is 18.8 Å². The molecule has 1 saturated heterocycles. The fourth-order valence-corrected chi connectivity index (χ4v) is 4.02. The highest BCUT2D eigenvalue weighted by Gasteiger charge is 2.34. The molecule has 132 valence electrons. The van der Waals surface area contributed by atoms with E-state index < -0.39 is 33.5 Å². The summed E-state index contributed by atoms with van der Waals surface area (Å²) in [4.78, 5) is 10.7. The van der Waals surface area contributed by atoms with E-state index in [-0.39, 0.29) is 18.0 Å². The minimum absolute atomic E-state index is 0.0820. The first-order valence-corrected chi connectivity index (χ1v) is 8.79. The van der Waals surface area contributed by atoms with E-state index in [4.69, 9.17) is 9.84 Å². The maximum atomic E-state index is 13.5. The highest BCUT2D eigenvalue weighted by molar-refractivity contribution is 7.89. The molecule has 0 radical (unpaired) electrons. The molecule has 8 nitrogen and oxygen atoms in total. The summed E-state index contributed by atoms with van der Waals surface area (Å²) in [5.74, 6) is -2.22. The van der Waals surface area contributed by atoms with Gasteiger partial charge in [0.25, 0.3) is 0 Å². The number of carbonyl (C=O) groups is 1. The van der Waals surface area contributed by atoms with Gasteiger partial charge in [0.05, 0.1) is 17.0 Å². The monoisotopic (exact) mass is 367 g/mol. The van der Waals surface area contributed by atoms with Gasteiger partial charge in [-0.1, -0.05) is 0 Å². The second-order valence-corrected chi connectivity index (χ2v) is 7.34. The van der Waals surface area contributed by atoms with E-state index in [0.29, 0.717) is 12.3 Å². The molecule has 0 aliphatic carbocycles. The van der Waals surface area contributed by atoms with Crippen molar-refractivity contribution in [3.05, 3.63) is 47.9 Å². The summed E-state index contributed by atoms with van der Waals surface area (Å²) in [5, 5.41) is 16.4. The Bertz CT molecular complexity index is 891. The molecule has 1 aromatic heterocycles. The lowest BCUT2D eigenvalue weighted by molar-refractivity contribution is 0.0691. The van der Waals surface area contributed by atoms with Crippen molar-refractivity contribution in [2.75, 3.05) is 13.1 Å². The zero-order chi connectivity index (χ0) is 18.0. The molecule has 25 heavy (non-hydrogen) atoms. The molecule has 0 bridgehead atoms. The summed E-state index contributed by atoms with van der Waals surface area (Å²) in [5.41, 5.74) is -0.687. The Morgan fingerprint density at radius 3 is 2.84 bits per heavy atom. The lowest BCUT2D eigenvalue weighted by Crippen LogP contribution is -2.31. The van der Waals surface area contributed by atoms with Crippen LogP contribution in [0.1, 0.15) is 16.8 Å². The number of hydrogen-bond donors (Lipinski definition) is 1. The van der Waals surface area contributed by atoms with Gasteiger partial charge in [-0.15, -0.1) is 5.10 Å². The fraction of sp³-hybridized carbons (Fsp3) is 0.267. The number of nitrogens with zero attached hydrogens (tertiary/aromatic N) is 3. The quantitative estimate of drug-likeness (QED) is 0.844. The van der Waals surface area contributed by atoms with Gasteiger partial charge in [0.1, 0.15) is 11.9 Å². The molecule has 1 aliphatic heterocycles. The van der Waals surface area contributed by atoms with Crippen LogP contribution in [0.2, 0.25) is 0 Å². The molecule has 3 rings (SSSR count). The lowest BCUT2D eigenvalue weighted by Gasteiger charge is -2.17. The second-order valence-electron chi connectivity index (χ2n) is 5.40. The largest absolute Gasteiger partial charge is 0.478 e. The van der Waals surface area contributed by atoms with Gasteiger partial charge in [-0.05, 0) is 30.7 Å². The summed E-state index contributed by atoms with van der Waals surface area (Å²) in [6.07, 6.45) is 1.54. The van der Waals surface area contributed by atoms with Gasteiger partial charge in [-0.2, -0.15) is 9.40 Å². The van der Waals surface area contributed by atoms with E-state index in [0.717, 1.165) is 18.2 Å². The average molecular weight is 367 g/mol. The summed E-state index contributed by atoms with van der Waals surface area (Å²) >= 11 is 0. The third-order valence-corrected chi connectivity index (χ3v) is 5.61. The van der Waals surface area contributed by atoms with Crippen molar-refractivity contribution in [3.63, 3.8) is 0 Å². The van der Waals surface area contributed by atoms with Gasteiger partial charge >= 0.3 is 5.97 Å². The number of carboxylic acid groups (broad SMARTS) is 1. The number of ether oxygens (including phenoxy) is 1. The van der Waals surface area contributed by atoms with Crippen LogP contribution in [-0.4, -0.2) is 53.2 Å². The van der Waals surface area contributed by atoms with Crippen molar-refractivity contribution in [3.8, 4) is 5.88 Å². The second kappa shape index (κ2) is 6.73. The van der Waals surface area contributed by atoms with Gasteiger partial charge in [0.15, 0.2) is 0 Å². The number of benzene rings is 1. The average Bonchev–Trinajstić information content (AvgIpc) is 3.05. The third kappa shape index (κ3) is 3.59. The Morgan fingerprint density at radius 2 is 2.16 bits per heavy atom. The first-order valence-electron chi connectivity index (χ1n) is 7.35. The SMILES string of the molecule is O=C(O)c1cc(S(=O)(=O)N2CCC(Oc3cccnn3)C2)ccc1F. The molecule has 1 aliphatic rings. The lowest BCUT2D eigenvalue weighted by atomic mass is 10.2. The Hall–Kier alpha value is -2.59. The summed E-state index contributed by atoms with van der Waals surface area (Å²) in [7, 11) is -3.95. The van der Waals surface area contributed by atoms with E-state index in [9.17, 15) is 17.6 Å². The molecular weight excluding hydrogens is 353 g/mol. The highest BCUT2D eigenvalue weighted by atomic mass is 32.2. The van der Waals surface area contributed by atoms with Crippen molar-refractivity contribution in [2.24, 2.45) is 0 Å². The molecule has 0 amide bonds. The van der Waals surface area contributed by atoms with Crippen LogP contribution in [0.5, 0.6) is 5.88 Å². The molecule has 2 aromatic rings. The standard InChI is InChI=1S/C15H14FN3O5S/c16-13-4-3-11(8-12(13)15(20)21)25(22,23)19-7-5-10(9-19)24-14-2-1-6-17-18-14/h1-4,6,8,10H,5,7,9H2,(H,20,21). The molecule has 0 spiro atoms. The van der Waals surface area contributed by atoms with Crippen LogP contribution in [0.15, 0.2) is 41.4 Å². The van der Waals surface area contributed by atoms with Crippen LogP contribution < -0.4 is 4.74 Å². The van der Waals surface area contributed by atoms with Crippen LogP contribution in [0.3, 0.4) is 0 Å². The summed E-state index contributed by atoms with van der Waals surface area (Å²) in [6.45, 7) is 0.283. The Balaban J connectivity index is 1.77. The topological polar surface area (TPSA) is 110 Å². The Labute approximate surface area is 142 Å². The van der Waals surface area contributed by atoms with Gasteiger partial charge in [0.2, 0.25) is 15.9 Å². The number of rotatable bonds is 5. The smallest absolute Gasteiger partial charge is 0.338 e. The van der Waals surface area contributed by atoms with Crippen LogP contribution >= 0.6 is 0 Å². The molecule has 0 saturated carbocycles. The minimum atomic E-state index is -3.95. The molecule has 10 heteroatoms. The number of carboxylic acids is 1. The van der Waals surface area contributed by atoms with E-state index >= 15 is 0 Å². The summed E-state index contributed by atoms with van der Waals surface area (Å²) in [6, 6.07) is 5.97. The molecule has 1 aromatic carbocycles. The Kier molecular flexibility index (Phi) is 4.64. The van der Waals surface area contributed by atoms with Crippen LogP contribution in [0.25, 0.3) is 0 Å². The zero-order valence-electron chi connectivity index (χ0n) is 12.9. The maximum Gasteiger partial charge on any atom is 0.338 e. The zero-order valence-corrected chi connectivity index (χ0v) is 13.7. The summed E-state index contributed by atoms with van der Waals surface area (Å²) < 4.78 is 45.5. The van der Waals surface area contributed by atoms with E-state index in [1.165, 1.54) is 10.5 Å². The van der Waals surface area contributed by atoms with Crippen LogP contribution in [-0.2, 0) is 10.0 Å². The molecule has 1 fully saturated rings.